The van der Waals surface area contributed by atoms with Crippen LogP contribution in [-0.2, 0) is 20.8 Å². The summed E-state index contributed by atoms with van der Waals surface area (Å²) < 4.78 is 68.2. The van der Waals surface area contributed by atoms with Gasteiger partial charge in [-0.3, -0.25) is 16.8 Å². The SMILES string of the molecule is O.O.O.O.O.O.O.O.O.O.O.O.O.O.O.O.O.O.O.O=S(=O)([O-])[O-].O=S(=O)([O-])[O-].[Al+3].[Mg+2]. The average Bonchev–Trinajstić information content (AvgIpc) is 1.12. The van der Waals surface area contributed by atoms with E-state index in [0.29, 0.717) is 0 Å². The van der Waals surface area contributed by atoms with Crippen molar-refractivity contribution in [2.45, 2.75) is 0 Å². The van der Waals surface area contributed by atoms with E-state index >= 15 is 0 Å². The molecule has 27 nitrogen and oxygen atoms in total. The van der Waals surface area contributed by atoms with E-state index in [1.54, 1.807) is 0 Å². The van der Waals surface area contributed by atoms with Crippen molar-refractivity contribution in [1.82, 2.24) is 0 Å². The molecule has 0 amide bonds. The monoisotopic (exact) mass is 585 g/mol. The van der Waals surface area contributed by atoms with Crippen LogP contribution in [0.2, 0.25) is 0 Å². The molecule has 0 saturated carbocycles. The van der Waals surface area contributed by atoms with Crippen molar-refractivity contribution >= 4 is 61.2 Å². The van der Waals surface area contributed by atoms with Gasteiger partial charge in [0.15, 0.2) is 0 Å². The summed E-state index contributed by atoms with van der Waals surface area (Å²) in [5, 5.41) is 0. The third kappa shape index (κ3) is 312000. The molecule has 0 aliphatic carbocycles. The Balaban J connectivity index is -0.00000000117. The smallest absolute Gasteiger partial charge is 0.759 e. The second kappa shape index (κ2) is 172. The molecule has 0 aliphatic heterocycles. The van der Waals surface area contributed by atoms with E-state index in [4.69, 9.17) is 35.0 Å². The molecule has 0 rings (SSSR count). The van der Waals surface area contributed by atoms with Crippen LogP contribution in [0.1, 0.15) is 0 Å². The first-order valence-corrected chi connectivity index (χ1v) is 4.00. The molecule has 0 heterocycles. The molecule has 0 aromatic rings. The van der Waals surface area contributed by atoms with E-state index < -0.39 is 20.8 Å². The molecule has 0 aliphatic rings. The van der Waals surface area contributed by atoms with E-state index in [9.17, 15) is 0 Å². The van der Waals surface area contributed by atoms with E-state index in [-0.39, 0.29) is 144 Å². The molecule has 0 atom stereocenters. The normalized spacial score (nSPS) is 3.74. The summed E-state index contributed by atoms with van der Waals surface area (Å²) in [6, 6.07) is 0. The number of rotatable bonds is 0. The number of hydrogen-bond acceptors (Lipinski definition) is 8. The van der Waals surface area contributed by atoms with Gasteiger partial charge in [0.2, 0.25) is 0 Å². The third-order valence-corrected chi connectivity index (χ3v) is 0. The van der Waals surface area contributed by atoms with Gasteiger partial charge in [0, 0.05) is 20.8 Å². The van der Waals surface area contributed by atoms with E-state index in [1.165, 1.54) is 0 Å². The third-order valence-electron chi connectivity index (χ3n) is 0. The van der Waals surface area contributed by atoms with Crippen molar-refractivity contribution in [2.75, 3.05) is 0 Å². The Kier molecular flexibility index (Phi) is 2320. The summed E-state index contributed by atoms with van der Waals surface area (Å²) in [6.07, 6.45) is 0. The molecular formula is H38AlMgO27S2+. The van der Waals surface area contributed by atoms with Crippen LogP contribution < -0.4 is 0 Å². The van der Waals surface area contributed by atoms with Crippen molar-refractivity contribution in [1.29, 1.82) is 0 Å². The van der Waals surface area contributed by atoms with E-state index in [1.807, 2.05) is 0 Å². The standard InChI is InChI=1S/Al.Mg.2H2O4S.19H2O/c;;2*1-5(2,3)4;;;;;;;;;;;;;;;;;;;/h;;2*(H2,1,2,3,4);19*1H2/q+3;+2;;;;;;;;;;;;;;;;;;;;;/p-4. The van der Waals surface area contributed by atoms with Crippen LogP contribution in [0, 0.1) is 0 Å². The molecule has 31 heavy (non-hydrogen) atoms. The molecule has 0 aromatic heterocycles. The van der Waals surface area contributed by atoms with E-state index in [2.05, 4.69) is 0 Å². The molecular weight excluding hydrogens is 547 g/mol. The first-order chi connectivity index (χ1) is 4.00. The van der Waals surface area contributed by atoms with Crippen molar-refractivity contribution in [3.8, 4) is 0 Å². The molecule has 216 valence electrons. The van der Waals surface area contributed by atoms with Crippen molar-refractivity contribution in [3.05, 3.63) is 0 Å². The van der Waals surface area contributed by atoms with Gasteiger partial charge in [0.05, 0.1) is 0 Å². The van der Waals surface area contributed by atoms with Gasteiger partial charge in [-0.15, -0.1) is 0 Å². The fourth-order valence-electron chi connectivity index (χ4n) is 0. The minimum atomic E-state index is -5.17. The Morgan fingerprint density at radius 3 is 0.290 bits per heavy atom. The van der Waals surface area contributed by atoms with Gasteiger partial charge >= 0.3 is 40.4 Å². The molecule has 0 radical (unpaired) electrons. The zero-order chi connectivity index (χ0) is 9.00. The van der Waals surface area contributed by atoms with Crippen LogP contribution in [0.3, 0.4) is 0 Å². The maximum Gasteiger partial charge on any atom is 3.00 e. The summed E-state index contributed by atoms with van der Waals surface area (Å²) >= 11 is 0. The summed E-state index contributed by atoms with van der Waals surface area (Å²) in [5.74, 6) is 0. The van der Waals surface area contributed by atoms with Crippen molar-refractivity contribution in [3.63, 3.8) is 0 Å². The molecule has 31 heteroatoms. The second-order valence-electron chi connectivity index (χ2n) is 0.816. The topological polar surface area (TPSA) is 759 Å². The minimum absolute atomic E-state index is 0. The molecule has 0 bridgehead atoms. The Morgan fingerprint density at radius 2 is 0.290 bits per heavy atom. The first-order valence-electron chi connectivity index (χ1n) is 1.33. The van der Waals surface area contributed by atoms with Crippen molar-refractivity contribution in [2.24, 2.45) is 0 Å². The zero-order valence-electron chi connectivity index (χ0n) is 14.9. The van der Waals surface area contributed by atoms with Crippen LogP contribution in [0.4, 0.5) is 0 Å². The summed E-state index contributed by atoms with van der Waals surface area (Å²) in [5.41, 5.74) is 0. The second-order valence-corrected chi connectivity index (χ2v) is 2.45. The van der Waals surface area contributed by atoms with Gasteiger partial charge in [0.1, 0.15) is 0 Å². The van der Waals surface area contributed by atoms with Crippen LogP contribution in [0.5, 0.6) is 0 Å². The minimum Gasteiger partial charge on any atom is -0.759 e. The van der Waals surface area contributed by atoms with Gasteiger partial charge in [-0.1, -0.05) is 0 Å². The van der Waals surface area contributed by atoms with Gasteiger partial charge in [-0.25, -0.2) is 0 Å². The maximum absolute atomic E-state index is 8.52. The van der Waals surface area contributed by atoms with E-state index in [0.717, 1.165) is 0 Å². The molecule has 0 saturated heterocycles. The van der Waals surface area contributed by atoms with Crippen LogP contribution in [0.15, 0.2) is 0 Å². The predicted molar refractivity (Wildman–Crippen MR) is 101 cm³/mol. The van der Waals surface area contributed by atoms with Crippen LogP contribution in [0.25, 0.3) is 0 Å². The first kappa shape index (κ1) is 418. The number of hydrogen-bond donors (Lipinski definition) is 0. The fourth-order valence-corrected chi connectivity index (χ4v) is 0. The summed E-state index contributed by atoms with van der Waals surface area (Å²) in [6.45, 7) is 0. The predicted octanol–water partition coefficient (Wildman–Crippen LogP) is -19.1. The Hall–Kier alpha value is 0.279. The van der Waals surface area contributed by atoms with Gasteiger partial charge in [0.25, 0.3) is 0 Å². The molecule has 0 aromatic carbocycles. The molecule has 38 N–H and O–H groups in total. The Morgan fingerprint density at radius 1 is 0.290 bits per heavy atom. The van der Waals surface area contributed by atoms with Crippen molar-refractivity contribution < 1.29 is 139 Å². The molecule has 0 spiro atoms. The average molecular weight is 586 g/mol. The summed E-state index contributed by atoms with van der Waals surface area (Å²) in [4.78, 5) is 0. The Labute approximate surface area is 200 Å². The molecule has 0 unspecified atom stereocenters. The Bertz CT molecular complexity index is 220. The zero-order valence-corrected chi connectivity index (χ0v) is 19.1. The van der Waals surface area contributed by atoms with Crippen LogP contribution >= 0.6 is 0 Å². The van der Waals surface area contributed by atoms with Gasteiger partial charge in [-0.05, 0) is 0 Å². The van der Waals surface area contributed by atoms with Gasteiger partial charge < -0.3 is 122 Å². The quantitative estimate of drug-likeness (QED) is 0.149. The largest absolute Gasteiger partial charge is 3.00 e. The molecule has 0 fully saturated rings. The van der Waals surface area contributed by atoms with Crippen LogP contribution in [-0.4, -0.2) is 180 Å². The maximum atomic E-state index is 8.52. The van der Waals surface area contributed by atoms with Gasteiger partial charge in [-0.2, -0.15) is 0 Å². The fraction of sp³-hybridized carbons (Fsp3) is 0. The summed E-state index contributed by atoms with van der Waals surface area (Å²) in [7, 11) is -10.3.